The summed E-state index contributed by atoms with van der Waals surface area (Å²) in [6, 6.07) is 6.44. The lowest BCUT2D eigenvalue weighted by Gasteiger charge is -2.20. The number of anilines is 1. The van der Waals surface area contributed by atoms with Crippen molar-refractivity contribution in [3.63, 3.8) is 0 Å². The summed E-state index contributed by atoms with van der Waals surface area (Å²) >= 11 is 0. The molecular formula is C12H14N2O5. The molecule has 0 radical (unpaired) electrons. The van der Waals surface area contributed by atoms with Gasteiger partial charge in [-0.25, -0.2) is 9.59 Å². The molecule has 0 fully saturated rings. The number of amides is 2. The lowest BCUT2D eigenvalue weighted by atomic mass is 10.2. The first-order chi connectivity index (χ1) is 8.91. The summed E-state index contributed by atoms with van der Waals surface area (Å²) in [4.78, 5) is 34.3. The third kappa shape index (κ3) is 4.30. The van der Waals surface area contributed by atoms with Crippen molar-refractivity contribution >= 4 is 23.7 Å². The number of rotatable bonds is 5. The van der Waals surface area contributed by atoms with Gasteiger partial charge in [0.05, 0.1) is 6.42 Å². The number of hydrogen-bond donors (Lipinski definition) is 3. The molecule has 1 rings (SSSR count). The van der Waals surface area contributed by atoms with Gasteiger partial charge in [0.1, 0.15) is 6.04 Å². The number of carbonyl (C=O) groups excluding carboxylic acids is 1. The number of urea groups is 1. The molecule has 102 valence electrons. The minimum Gasteiger partial charge on any atom is -0.481 e. The van der Waals surface area contributed by atoms with Gasteiger partial charge in [-0.15, -0.1) is 0 Å². The lowest BCUT2D eigenvalue weighted by molar-refractivity contribution is -0.145. The van der Waals surface area contributed by atoms with Gasteiger partial charge in [-0.2, -0.15) is 0 Å². The highest BCUT2D eigenvalue weighted by Crippen LogP contribution is 2.11. The fourth-order valence-electron chi connectivity index (χ4n) is 1.39. The van der Waals surface area contributed by atoms with E-state index in [0.29, 0.717) is 5.69 Å². The Morgan fingerprint density at radius 2 is 1.79 bits per heavy atom. The molecule has 0 spiro atoms. The normalized spacial score (nSPS) is 11.4. The predicted molar refractivity (Wildman–Crippen MR) is 67.1 cm³/mol. The number of nitrogens with one attached hydrogen (secondary N) is 1. The largest absolute Gasteiger partial charge is 0.481 e. The molecule has 1 atom stereocenters. The molecule has 19 heavy (non-hydrogen) atoms. The lowest BCUT2D eigenvalue weighted by Crippen LogP contribution is -2.47. The van der Waals surface area contributed by atoms with Crippen molar-refractivity contribution in [2.45, 2.75) is 12.5 Å². The summed E-state index contributed by atoms with van der Waals surface area (Å²) in [7, 11) is 1.46. The van der Waals surface area contributed by atoms with E-state index in [4.69, 9.17) is 10.2 Å². The monoisotopic (exact) mass is 266 g/mol. The van der Waals surface area contributed by atoms with Gasteiger partial charge in [0.2, 0.25) is 0 Å². The molecule has 0 bridgehead atoms. The molecule has 1 unspecified atom stereocenters. The Hall–Kier alpha value is -2.57. The van der Waals surface area contributed by atoms with Crippen molar-refractivity contribution in [1.29, 1.82) is 0 Å². The maximum Gasteiger partial charge on any atom is 0.326 e. The van der Waals surface area contributed by atoms with Crippen LogP contribution < -0.4 is 10.2 Å². The van der Waals surface area contributed by atoms with E-state index in [1.165, 1.54) is 11.9 Å². The van der Waals surface area contributed by atoms with E-state index < -0.39 is 30.4 Å². The van der Waals surface area contributed by atoms with Crippen LogP contribution in [0.3, 0.4) is 0 Å². The summed E-state index contributed by atoms with van der Waals surface area (Å²) < 4.78 is 0. The highest BCUT2D eigenvalue weighted by atomic mass is 16.4. The molecule has 0 heterocycles. The second kappa shape index (κ2) is 6.39. The van der Waals surface area contributed by atoms with Crippen LogP contribution in [0.25, 0.3) is 0 Å². The predicted octanol–water partition coefficient (Wildman–Crippen LogP) is 0.760. The van der Waals surface area contributed by atoms with E-state index >= 15 is 0 Å². The average molecular weight is 266 g/mol. The molecule has 1 aromatic rings. The Bertz CT molecular complexity index is 474. The number of carbonyl (C=O) groups is 3. The van der Waals surface area contributed by atoms with Crippen molar-refractivity contribution in [1.82, 2.24) is 5.32 Å². The summed E-state index contributed by atoms with van der Waals surface area (Å²) in [6.45, 7) is 0. The van der Waals surface area contributed by atoms with Crippen LogP contribution in [0.15, 0.2) is 30.3 Å². The van der Waals surface area contributed by atoms with E-state index in [1.54, 1.807) is 30.3 Å². The van der Waals surface area contributed by atoms with Crippen molar-refractivity contribution in [3.8, 4) is 0 Å². The first-order valence-electron chi connectivity index (χ1n) is 5.45. The molecular weight excluding hydrogens is 252 g/mol. The molecule has 3 N–H and O–H groups in total. The van der Waals surface area contributed by atoms with Gasteiger partial charge in [0.15, 0.2) is 0 Å². The maximum atomic E-state index is 11.8. The Kier molecular flexibility index (Phi) is 4.87. The number of nitrogens with zero attached hydrogens (tertiary/aromatic N) is 1. The zero-order valence-corrected chi connectivity index (χ0v) is 10.2. The molecule has 7 heteroatoms. The van der Waals surface area contributed by atoms with Gasteiger partial charge < -0.3 is 15.5 Å². The van der Waals surface area contributed by atoms with Crippen molar-refractivity contribution < 1.29 is 24.6 Å². The van der Waals surface area contributed by atoms with Gasteiger partial charge >= 0.3 is 18.0 Å². The van der Waals surface area contributed by atoms with Gasteiger partial charge in [0.25, 0.3) is 0 Å². The molecule has 0 saturated carbocycles. The third-order valence-corrected chi connectivity index (χ3v) is 2.42. The van der Waals surface area contributed by atoms with Crippen LogP contribution >= 0.6 is 0 Å². The van der Waals surface area contributed by atoms with E-state index in [9.17, 15) is 14.4 Å². The fourth-order valence-corrected chi connectivity index (χ4v) is 1.39. The Morgan fingerprint density at radius 1 is 1.21 bits per heavy atom. The van der Waals surface area contributed by atoms with Crippen LogP contribution in [0.4, 0.5) is 10.5 Å². The van der Waals surface area contributed by atoms with Crippen molar-refractivity contribution in [3.05, 3.63) is 30.3 Å². The smallest absolute Gasteiger partial charge is 0.326 e. The zero-order valence-electron chi connectivity index (χ0n) is 10.2. The maximum absolute atomic E-state index is 11.8. The van der Waals surface area contributed by atoms with Crippen LogP contribution in [-0.2, 0) is 9.59 Å². The van der Waals surface area contributed by atoms with E-state index in [2.05, 4.69) is 5.32 Å². The van der Waals surface area contributed by atoms with E-state index in [1.807, 2.05) is 0 Å². The van der Waals surface area contributed by atoms with Crippen LogP contribution in [0.5, 0.6) is 0 Å². The molecule has 7 nitrogen and oxygen atoms in total. The number of carboxylic acids is 2. The van der Waals surface area contributed by atoms with Crippen LogP contribution in [0, 0.1) is 0 Å². The minimum atomic E-state index is -1.46. The average Bonchev–Trinajstić information content (AvgIpc) is 2.37. The quantitative estimate of drug-likeness (QED) is 0.729. The van der Waals surface area contributed by atoms with E-state index in [0.717, 1.165) is 0 Å². The van der Waals surface area contributed by atoms with Gasteiger partial charge in [-0.05, 0) is 12.1 Å². The summed E-state index contributed by atoms with van der Waals surface area (Å²) in [5.41, 5.74) is 0.569. The molecule has 0 aliphatic rings. The third-order valence-electron chi connectivity index (χ3n) is 2.42. The summed E-state index contributed by atoms with van der Waals surface area (Å²) in [5.74, 6) is -2.69. The number of hydrogen-bond acceptors (Lipinski definition) is 3. The Morgan fingerprint density at radius 3 is 2.26 bits per heavy atom. The van der Waals surface area contributed by atoms with Crippen LogP contribution in [-0.4, -0.2) is 41.3 Å². The molecule has 0 aliphatic carbocycles. The number of carboxylic acid groups (broad SMARTS) is 2. The van der Waals surface area contributed by atoms with Crippen molar-refractivity contribution in [2.24, 2.45) is 0 Å². The van der Waals surface area contributed by atoms with Crippen LogP contribution in [0.2, 0.25) is 0 Å². The van der Waals surface area contributed by atoms with Gasteiger partial charge in [-0.1, -0.05) is 18.2 Å². The molecule has 2 amide bonds. The summed E-state index contributed by atoms with van der Waals surface area (Å²) in [5, 5.41) is 19.6. The number of aliphatic carboxylic acids is 2. The Balaban J connectivity index is 2.72. The minimum absolute atomic E-state index is 0.569. The molecule has 0 aromatic heterocycles. The van der Waals surface area contributed by atoms with Crippen LogP contribution in [0.1, 0.15) is 6.42 Å². The summed E-state index contributed by atoms with van der Waals surface area (Å²) in [6.07, 6.45) is -0.677. The van der Waals surface area contributed by atoms with E-state index in [-0.39, 0.29) is 0 Å². The van der Waals surface area contributed by atoms with Gasteiger partial charge in [0, 0.05) is 12.7 Å². The topological polar surface area (TPSA) is 107 Å². The zero-order chi connectivity index (χ0) is 14.4. The number of para-hydroxylation sites is 1. The highest BCUT2D eigenvalue weighted by molar-refractivity contribution is 5.94. The standard InChI is InChI=1S/C12H14N2O5/c1-14(8-5-3-2-4-6-8)12(19)13-9(11(17)18)7-10(15)16/h2-6,9H,7H2,1H3,(H,13,19)(H,15,16)(H,17,18). The second-order valence-electron chi connectivity index (χ2n) is 3.83. The second-order valence-corrected chi connectivity index (χ2v) is 3.83. The first kappa shape index (κ1) is 14.5. The Labute approximate surface area is 109 Å². The van der Waals surface area contributed by atoms with Gasteiger partial charge in [-0.3, -0.25) is 9.69 Å². The van der Waals surface area contributed by atoms with Crippen molar-refractivity contribution in [2.75, 3.05) is 11.9 Å². The molecule has 0 aliphatic heterocycles. The highest BCUT2D eigenvalue weighted by Gasteiger charge is 2.24. The SMILES string of the molecule is CN(C(=O)NC(CC(=O)O)C(=O)O)c1ccccc1. The first-order valence-corrected chi connectivity index (χ1v) is 5.45. The number of benzene rings is 1. The fraction of sp³-hybridized carbons (Fsp3) is 0.250. The molecule has 1 aromatic carbocycles. The molecule has 0 saturated heterocycles.